The molecule has 0 aliphatic heterocycles. The third-order valence-corrected chi connectivity index (χ3v) is 19.1. The maximum absolute atomic E-state index is 5.09. The van der Waals surface area contributed by atoms with Gasteiger partial charge in [0, 0.05) is 110 Å². The van der Waals surface area contributed by atoms with Crippen LogP contribution in [0.15, 0.2) is 241 Å². The number of H-pyrrole nitrogens is 1. The first kappa shape index (κ1) is 96.5. The van der Waals surface area contributed by atoms with E-state index in [1.165, 1.54) is 54.8 Å². The number of pyridine rings is 2. The lowest BCUT2D eigenvalue weighted by Crippen LogP contribution is -1.88. The number of furan rings is 2. The van der Waals surface area contributed by atoms with Gasteiger partial charge in [0.2, 0.25) is 12.3 Å². The lowest BCUT2D eigenvalue weighted by atomic mass is 10.0. The lowest BCUT2D eigenvalue weighted by Gasteiger charge is -2.01. The number of oxazole rings is 1. The van der Waals surface area contributed by atoms with Crippen molar-refractivity contribution in [3.8, 4) is 0 Å². The van der Waals surface area contributed by atoms with Crippen LogP contribution in [0.5, 0.6) is 0 Å². The Morgan fingerprint density at radius 3 is 1.30 bits per heavy atom. The van der Waals surface area contributed by atoms with Crippen LogP contribution in [0, 0.1) is 0 Å². The highest BCUT2D eigenvalue weighted by molar-refractivity contribution is 7.10. The van der Waals surface area contributed by atoms with Crippen LogP contribution in [0.4, 0.5) is 0 Å². The third-order valence-electron chi connectivity index (χ3n) is 14.7. The van der Waals surface area contributed by atoms with Crippen molar-refractivity contribution in [2.75, 3.05) is 0 Å². The molecule has 0 amide bonds. The molecule has 12 heterocycles. The van der Waals surface area contributed by atoms with Gasteiger partial charge in [0.05, 0.1) is 41.7 Å². The van der Waals surface area contributed by atoms with Crippen molar-refractivity contribution < 1.29 is 22.2 Å². The highest BCUT2D eigenvalue weighted by Crippen LogP contribution is 2.22. The Balaban J connectivity index is 0.000000580. The Hall–Kier alpha value is -8.49. The molecule has 584 valence electrons. The number of benzene rings is 1. The summed E-state index contributed by atoms with van der Waals surface area (Å²) in [4.78, 5) is 27.4. The topological polar surface area (TPSA) is 197 Å². The van der Waals surface area contributed by atoms with E-state index in [2.05, 4.69) is 276 Å². The molecule has 12 aromatic heterocycles. The standard InChI is InChI=1S/C9H12.2C8H11N.C7H11N.2C7H10O.C7H10S.2C6H9NO.3C6H9NS.C5H8N2O/c1-8(2)9-6-4-3-5-7-9;1-7(2)8-4-3-5-9-6-8;1-7(2)8-5-3-4-6-9-8;1-6(2)7-4-3-5-8-7;1-6(2)7-3-4-8-5-7;2*1-6(2)7-4-3-5-8-7;1-5(2)6-3-7-4-8-6;1-5(2)6-3-4-7-8-6;1-5(2)6-3-7-4-8-6;1-5(2)6-7-3-4-8-6;1-5(2)6-3-4-7-8-6;1-4(2)5-7-6-3-8-5/h3-8H,1-2H3;2*3-7H,1-2H3;3-6,8H,1-2H3;3*3-6H,1-2H3;5*3-5H,1-2H3;3-4H,1-2H3. The zero-order valence-corrected chi connectivity index (χ0v) is 72.3. The van der Waals surface area contributed by atoms with Crippen LogP contribution in [0.25, 0.3) is 0 Å². The van der Waals surface area contributed by atoms with Crippen LogP contribution in [-0.2, 0) is 0 Å². The van der Waals surface area contributed by atoms with Crippen molar-refractivity contribution in [3.63, 3.8) is 0 Å². The maximum Gasteiger partial charge on any atom is 0.218 e. The second-order valence-electron chi connectivity index (χ2n) is 28.5. The molecule has 0 saturated carbocycles. The minimum atomic E-state index is 0.345. The quantitative estimate of drug-likeness (QED) is 0.114. The molecule has 0 spiro atoms. The fourth-order valence-corrected chi connectivity index (χ4v) is 10.5. The highest BCUT2D eigenvalue weighted by Gasteiger charge is 2.06. The largest absolute Gasteiger partial charge is 0.472 e. The van der Waals surface area contributed by atoms with Crippen molar-refractivity contribution in [2.45, 2.75) is 257 Å². The molecule has 0 aliphatic carbocycles. The van der Waals surface area contributed by atoms with Crippen LogP contribution in [0.2, 0.25) is 0 Å². The first-order chi connectivity index (χ1) is 51.0. The van der Waals surface area contributed by atoms with Crippen molar-refractivity contribution >= 4 is 45.5 Å². The predicted molar refractivity (Wildman–Crippen MR) is 454 cm³/mol. The molecule has 0 atom stereocenters. The molecule has 0 saturated heterocycles. The zero-order valence-electron chi connectivity index (χ0n) is 69.0. The number of hydrogen-bond acceptors (Lipinski definition) is 18. The van der Waals surface area contributed by atoms with Crippen LogP contribution in [0.1, 0.15) is 328 Å². The van der Waals surface area contributed by atoms with Crippen LogP contribution < -0.4 is 0 Å². The van der Waals surface area contributed by atoms with Gasteiger partial charge in [-0.1, -0.05) is 234 Å². The summed E-state index contributed by atoms with van der Waals surface area (Å²) >= 11 is 6.85. The number of rotatable bonds is 13. The van der Waals surface area contributed by atoms with E-state index < -0.39 is 0 Å². The number of aromatic amines is 1. The normalized spacial score (nSPS) is 10.3. The third kappa shape index (κ3) is 47.0. The van der Waals surface area contributed by atoms with Gasteiger partial charge >= 0.3 is 0 Å². The smallest absolute Gasteiger partial charge is 0.218 e. The van der Waals surface area contributed by atoms with Gasteiger partial charge in [-0.25, -0.2) is 14.3 Å². The van der Waals surface area contributed by atoms with Gasteiger partial charge in [0.15, 0.2) is 6.39 Å². The molecule has 0 unspecified atom stereocenters. The van der Waals surface area contributed by atoms with Crippen molar-refractivity contribution in [1.29, 1.82) is 0 Å². The van der Waals surface area contributed by atoms with E-state index in [0.29, 0.717) is 82.8 Å². The van der Waals surface area contributed by atoms with E-state index in [1.54, 1.807) is 71.6 Å². The fraction of sp³-hybridized carbons (Fsp3) is 0.443. The summed E-state index contributed by atoms with van der Waals surface area (Å²) in [6.07, 6.45) is 24.5. The molecule has 1 aromatic carbocycles. The number of thiophene rings is 1. The molecule has 0 fully saturated rings. The predicted octanol–water partition coefficient (Wildman–Crippen LogP) is 28.6. The van der Waals surface area contributed by atoms with Gasteiger partial charge in [0.25, 0.3) is 0 Å². The monoisotopic (exact) mass is 1530 g/mol. The molecular formula is C88H128N10O5S4. The van der Waals surface area contributed by atoms with Gasteiger partial charge in [-0.2, -0.15) is 0 Å². The molecule has 1 N–H and O–H groups in total. The van der Waals surface area contributed by atoms with Crippen LogP contribution >= 0.6 is 45.5 Å². The zero-order chi connectivity index (χ0) is 79.9. The molecule has 13 aromatic rings. The van der Waals surface area contributed by atoms with Crippen molar-refractivity contribution in [3.05, 3.63) is 290 Å². The average molecular weight is 1530 g/mol. The van der Waals surface area contributed by atoms with Gasteiger partial charge in [-0.05, 0) is 142 Å². The summed E-state index contributed by atoms with van der Waals surface area (Å²) in [6, 6.07) is 38.8. The second-order valence-corrected chi connectivity index (χ2v) is 32.1. The van der Waals surface area contributed by atoms with Crippen LogP contribution in [0.3, 0.4) is 0 Å². The summed E-state index contributed by atoms with van der Waals surface area (Å²) in [7, 11) is 0. The van der Waals surface area contributed by atoms with E-state index in [1.807, 2.05) is 134 Å². The van der Waals surface area contributed by atoms with E-state index >= 15 is 0 Å². The molecule has 107 heavy (non-hydrogen) atoms. The first-order valence-electron chi connectivity index (χ1n) is 37.3. The summed E-state index contributed by atoms with van der Waals surface area (Å²) in [6.45, 7) is 55.6. The molecule has 0 bridgehead atoms. The fourth-order valence-electron chi connectivity index (χ4n) is 7.84. The highest BCUT2D eigenvalue weighted by atomic mass is 32.1. The Labute approximate surface area is 659 Å². The Bertz CT molecular complexity index is 3100. The summed E-state index contributed by atoms with van der Waals surface area (Å²) < 4.78 is 28.7. The van der Waals surface area contributed by atoms with Crippen molar-refractivity contribution in [1.82, 2.24) is 49.6 Å². The molecule has 0 radical (unpaired) electrons. The molecule has 15 nitrogen and oxygen atoms in total. The molecule has 0 aliphatic rings. The van der Waals surface area contributed by atoms with E-state index in [0.717, 1.165) is 23.0 Å². The lowest BCUT2D eigenvalue weighted by molar-refractivity contribution is 0.371. The molecular weight excluding hydrogens is 1410 g/mol. The first-order valence-corrected chi connectivity index (χ1v) is 40.7. The van der Waals surface area contributed by atoms with Gasteiger partial charge < -0.3 is 27.2 Å². The van der Waals surface area contributed by atoms with Crippen LogP contribution in [-0.4, -0.2) is 49.6 Å². The number of nitrogens with zero attached hydrogens (tertiary/aromatic N) is 9. The maximum atomic E-state index is 5.09. The second kappa shape index (κ2) is 58.6. The SMILES string of the molecule is CC(C)c1ccc[nH]1.CC(C)c1ccccc1.CC(C)c1ccccn1.CC(C)c1cccnc1.CC(C)c1ccco1.CC(C)c1cccs1.CC(C)c1ccno1.CC(C)c1ccns1.CC(C)c1ccoc1.CC(C)c1cnco1.CC(C)c1cncs1.CC(C)c1nccs1.CC(C)c1nnco1. The summed E-state index contributed by atoms with van der Waals surface area (Å²) in [5.41, 5.74) is 8.33. The number of thiazole rings is 2. The van der Waals surface area contributed by atoms with E-state index in [9.17, 15) is 0 Å². The average Bonchev–Trinajstić information content (AvgIpc) is 1.83. The van der Waals surface area contributed by atoms with Gasteiger partial charge in [-0.15, -0.1) is 44.2 Å². The molecule has 13 rings (SSSR count). The Morgan fingerprint density at radius 2 is 1.03 bits per heavy atom. The number of hydrogen-bond donors (Lipinski definition) is 1. The van der Waals surface area contributed by atoms with Gasteiger partial charge in [-0.3, -0.25) is 15.0 Å². The van der Waals surface area contributed by atoms with E-state index in [4.69, 9.17) is 22.2 Å². The summed E-state index contributed by atoms with van der Waals surface area (Å²) in [5.74, 6) is 11.0. The van der Waals surface area contributed by atoms with Gasteiger partial charge in [0.1, 0.15) is 17.3 Å². The number of aromatic nitrogens is 10. The van der Waals surface area contributed by atoms with E-state index in [-0.39, 0.29) is 0 Å². The minimum Gasteiger partial charge on any atom is -0.472 e. The number of nitrogens with one attached hydrogen (secondary N) is 1. The van der Waals surface area contributed by atoms with Crippen molar-refractivity contribution in [2.24, 2.45) is 0 Å². The Morgan fingerprint density at radius 1 is 0.364 bits per heavy atom. The Kier molecular flexibility index (Phi) is 52.8. The summed E-state index contributed by atoms with van der Waals surface area (Å²) in [5, 5.41) is 16.2. The minimum absolute atomic E-state index is 0.345. The molecule has 19 heteroatoms.